The lowest BCUT2D eigenvalue weighted by atomic mass is 10.2. The Morgan fingerprint density at radius 3 is 3.08 bits per heavy atom. The molecule has 8 heteroatoms. The monoisotopic (exact) mass is 366 g/mol. The van der Waals surface area contributed by atoms with E-state index in [4.69, 9.17) is 16.3 Å². The van der Waals surface area contributed by atoms with Crippen LogP contribution in [0.3, 0.4) is 0 Å². The van der Waals surface area contributed by atoms with Crippen molar-refractivity contribution in [1.82, 2.24) is 15.3 Å². The van der Waals surface area contributed by atoms with Crippen molar-refractivity contribution in [2.45, 2.75) is 19.8 Å². The van der Waals surface area contributed by atoms with Gasteiger partial charge in [0.2, 0.25) is 0 Å². The third kappa shape index (κ3) is 4.66. The van der Waals surface area contributed by atoms with Gasteiger partial charge >= 0.3 is 6.03 Å². The van der Waals surface area contributed by atoms with Crippen molar-refractivity contribution in [2.75, 3.05) is 25.1 Å². The van der Waals surface area contributed by atoms with Gasteiger partial charge in [-0.2, -0.15) is 0 Å². The molecule has 2 amide bonds. The fourth-order valence-corrected chi connectivity index (χ4v) is 3.43. The third-order valence-electron chi connectivity index (χ3n) is 3.60. The minimum atomic E-state index is -0.289. The van der Waals surface area contributed by atoms with E-state index in [0.717, 1.165) is 28.7 Å². The Morgan fingerprint density at radius 2 is 2.33 bits per heavy atom. The van der Waals surface area contributed by atoms with Gasteiger partial charge in [0.25, 0.3) is 0 Å². The summed E-state index contributed by atoms with van der Waals surface area (Å²) in [6.45, 7) is 3.68. The fraction of sp³-hybridized carbons (Fsp3) is 0.438. The van der Waals surface area contributed by atoms with Crippen LogP contribution in [0, 0.1) is 12.8 Å². The molecule has 0 atom stereocenters. The van der Waals surface area contributed by atoms with E-state index in [1.54, 1.807) is 6.20 Å². The highest BCUT2D eigenvalue weighted by atomic mass is 35.5. The van der Waals surface area contributed by atoms with E-state index in [0.29, 0.717) is 23.4 Å². The zero-order chi connectivity index (χ0) is 16.9. The van der Waals surface area contributed by atoms with Gasteiger partial charge < -0.3 is 10.1 Å². The summed E-state index contributed by atoms with van der Waals surface area (Å²) in [5.74, 6) is 0.731. The zero-order valence-corrected chi connectivity index (χ0v) is 14.9. The van der Waals surface area contributed by atoms with Gasteiger partial charge in [-0.1, -0.05) is 22.9 Å². The number of urea groups is 1. The molecule has 2 N–H and O–H groups in total. The minimum Gasteiger partial charge on any atom is -0.379 e. The van der Waals surface area contributed by atoms with Gasteiger partial charge in [0.15, 0.2) is 5.13 Å². The second kappa shape index (κ2) is 7.92. The van der Waals surface area contributed by atoms with Gasteiger partial charge in [-0.15, -0.1) is 0 Å². The third-order valence-corrected chi connectivity index (χ3v) is 5.01. The van der Waals surface area contributed by atoms with Crippen LogP contribution in [-0.2, 0) is 4.74 Å². The molecule has 0 aliphatic heterocycles. The Bertz CT molecular complexity index is 718. The van der Waals surface area contributed by atoms with Crippen LogP contribution in [0.4, 0.5) is 9.93 Å². The van der Waals surface area contributed by atoms with Crippen molar-refractivity contribution in [1.29, 1.82) is 0 Å². The van der Waals surface area contributed by atoms with Crippen molar-refractivity contribution >= 4 is 34.1 Å². The van der Waals surface area contributed by atoms with Crippen molar-refractivity contribution in [3.05, 3.63) is 29.2 Å². The lowest BCUT2D eigenvalue weighted by Gasteiger charge is -2.06. The van der Waals surface area contributed by atoms with Gasteiger partial charge in [0.05, 0.1) is 17.2 Å². The first-order valence-corrected chi connectivity index (χ1v) is 9.04. The van der Waals surface area contributed by atoms with Crippen LogP contribution in [0.25, 0.3) is 10.4 Å². The summed E-state index contributed by atoms with van der Waals surface area (Å²) < 4.78 is 5.48. The van der Waals surface area contributed by atoms with Gasteiger partial charge in [-0.3, -0.25) is 5.32 Å². The molecule has 0 bridgehead atoms. The number of nitrogens with zero attached hydrogens (tertiary/aromatic N) is 2. The number of carbonyl (C=O) groups excluding carboxylic acids is 1. The van der Waals surface area contributed by atoms with Crippen LogP contribution in [0.5, 0.6) is 0 Å². The summed E-state index contributed by atoms with van der Waals surface area (Å²) in [6.07, 6.45) is 4.17. The van der Waals surface area contributed by atoms with Crippen molar-refractivity contribution in [2.24, 2.45) is 5.92 Å². The van der Waals surface area contributed by atoms with Gasteiger partial charge in [0, 0.05) is 24.9 Å². The predicted octanol–water partition coefficient (Wildman–Crippen LogP) is 3.72. The van der Waals surface area contributed by atoms with E-state index >= 15 is 0 Å². The maximum absolute atomic E-state index is 11.9. The number of rotatable bonds is 7. The number of thiazole rings is 1. The van der Waals surface area contributed by atoms with E-state index in [1.165, 1.54) is 24.2 Å². The molecule has 0 unspecified atom stereocenters. The highest BCUT2D eigenvalue weighted by Crippen LogP contribution is 2.35. The lowest BCUT2D eigenvalue weighted by Crippen LogP contribution is -2.31. The number of hydrogen-bond donors (Lipinski definition) is 2. The molecule has 1 aliphatic carbocycles. The number of anilines is 1. The highest BCUT2D eigenvalue weighted by Gasteiger charge is 2.21. The first-order valence-electron chi connectivity index (χ1n) is 7.84. The SMILES string of the molecule is Cc1nc(NC(=O)NCCOCC2CC2)sc1-c1cccnc1Cl. The summed E-state index contributed by atoms with van der Waals surface area (Å²) in [5.41, 5.74) is 1.62. The quantitative estimate of drug-likeness (QED) is 0.578. The lowest BCUT2D eigenvalue weighted by molar-refractivity contribution is 0.127. The van der Waals surface area contributed by atoms with Crippen LogP contribution < -0.4 is 10.6 Å². The minimum absolute atomic E-state index is 0.289. The largest absolute Gasteiger partial charge is 0.379 e. The van der Waals surface area contributed by atoms with Gasteiger partial charge in [-0.25, -0.2) is 14.8 Å². The Morgan fingerprint density at radius 1 is 1.50 bits per heavy atom. The number of amides is 2. The molecule has 0 saturated heterocycles. The van der Waals surface area contributed by atoms with E-state index in [-0.39, 0.29) is 6.03 Å². The Balaban J connectivity index is 1.51. The van der Waals surface area contributed by atoms with Crippen LogP contribution in [0.15, 0.2) is 18.3 Å². The molecule has 2 heterocycles. The molecular formula is C16H19ClN4O2S. The van der Waals surface area contributed by atoms with E-state index in [2.05, 4.69) is 20.6 Å². The molecule has 0 spiro atoms. The average Bonchev–Trinajstić information content (AvgIpc) is 3.30. The van der Waals surface area contributed by atoms with E-state index in [9.17, 15) is 4.79 Å². The van der Waals surface area contributed by atoms with Gasteiger partial charge in [0.1, 0.15) is 5.15 Å². The normalized spacial score (nSPS) is 13.8. The Hall–Kier alpha value is -1.70. The summed E-state index contributed by atoms with van der Waals surface area (Å²) in [7, 11) is 0. The average molecular weight is 367 g/mol. The molecule has 2 aromatic rings. The molecule has 6 nitrogen and oxygen atoms in total. The second-order valence-electron chi connectivity index (χ2n) is 5.67. The molecule has 1 aliphatic rings. The van der Waals surface area contributed by atoms with Crippen LogP contribution in [0.1, 0.15) is 18.5 Å². The summed E-state index contributed by atoms with van der Waals surface area (Å²) >= 11 is 7.50. The van der Waals surface area contributed by atoms with Crippen LogP contribution in [-0.4, -0.2) is 35.8 Å². The van der Waals surface area contributed by atoms with Crippen LogP contribution in [0.2, 0.25) is 5.15 Å². The predicted molar refractivity (Wildman–Crippen MR) is 95.7 cm³/mol. The first kappa shape index (κ1) is 17.1. The summed E-state index contributed by atoms with van der Waals surface area (Å²) in [6, 6.07) is 3.42. The first-order chi connectivity index (χ1) is 11.6. The van der Waals surface area contributed by atoms with E-state index < -0.39 is 0 Å². The molecule has 2 aromatic heterocycles. The molecule has 0 radical (unpaired) electrons. The number of aryl methyl sites for hydroxylation is 1. The molecule has 1 fully saturated rings. The smallest absolute Gasteiger partial charge is 0.321 e. The number of carbonyl (C=O) groups is 1. The van der Waals surface area contributed by atoms with E-state index in [1.807, 2.05) is 19.1 Å². The molecular weight excluding hydrogens is 348 g/mol. The number of halogens is 1. The number of ether oxygens (including phenoxy) is 1. The van der Waals surface area contributed by atoms with Crippen LogP contribution >= 0.6 is 22.9 Å². The molecule has 3 rings (SSSR count). The maximum atomic E-state index is 11.9. The number of aromatic nitrogens is 2. The van der Waals surface area contributed by atoms with Crippen molar-refractivity contribution in [3.8, 4) is 10.4 Å². The van der Waals surface area contributed by atoms with Crippen molar-refractivity contribution < 1.29 is 9.53 Å². The summed E-state index contributed by atoms with van der Waals surface area (Å²) in [5, 5.41) is 6.45. The zero-order valence-electron chi connectivity index (χ0n) is 13.3. The van der Waals surface area contributed by atoms with Gasteiger partial charge in [-0.05, 0) is 37.8 Å². The molecule has 128 valence electrons. The second-order valence-corrected chi connectivity index (χ2v) is 7.03. The number of nitrogens with one attached hydrogen (secondary N) is 2. The Labute approximate surface area is 149 Å². The topological polar surface area (TPSA) is 76.1 Å². The Kier molecular flexibility index (Phi) is 5.65. The summed E-state index contributed by atoms with van der Waals surface area (Å²) in [4.78, 5) is 21.2. The maximum Gasteiger partial charge on any atom is 0.321 e. The fourth-order valence-electron chi connectivity index (χ4n) is 2.17. The molecule has 1 saturated carbocycles. The number of hydrogen-bond acceptors (Lipinski definition) is 5. The standard InChI is InChI=1S/C16H19ClN4O2S/c1-10-13(12-3-2-6-18-14(12)17)24-16(20-10)21-15(22)19-7-8-23-9-11-4-5-11/h2-3,6,11H,4-5,7-9H2,1H3,(H2,19,20,21,22). The van der Waals surface area contributed by atoms with Crippen molar-refractivity contribution in [3.63, 3.8) is 0 Å². The molecule has 0 aromatic carbocycles. The molecule has 24 heavy (non-hydrogen) atoms. The highest BCUT2D eigenvalue weighted by molar-refractivity contribution is 7.19. The number of pyridine rings is 1.